The molecule has 1 aromatic rings. The number of fused-ring (bicyclic) bond motifs is 1. The predicted octanol–water partition coefficient (Wildman–Crippen LogP) is 1.48. The van der Waals surface area contributed by atoms with Crippen LogP contribution in [0, 0.1) is 0 Å². The van der Waals surface area contributed by atoms with Gasteiger partial charge in [-0.25, -0.2) is 14.6 Å². The van der Waals surface area contributed by atoms with Gasteiger partial charge in [0.05, 0.1) is 6.54 Å². The molecule has 0 radical (unpaired) electrons. The highest BCUT2D eigenvalue weighted by atomic mass is 79.9. The van der Waals surface area contributed by atoms with Gasteiger partial charge in [-0.2, -0.15) is 0 Å². The van der Waals surface area contributed by atoms with Gasteiger partial charge < -0.3 is 14.4 Å². The van der Waals surface area contributed by atoms with Gasteiger partial charge in [-0.05, 0) is 15.9 Å². The first kappa shape index (κ1) is 13.6. The van der Waals surface area contributed by atoms with Gasteiger partial charge in [0.2, 0.25) is 0 Å². The van der Waals surface area contributed by atoms with E-state index >= 15 is 0 Å². The number of carboxylic acid groups (broad SMARTS) is 1. The summed E-state index contributed by atoms with van der Waals surface area (Å²) in [6, 6.07) is 0. The third kappa shape index (κ3) is 2.62. The fourth-order valence-electron chi connectivity index (χ4n) is 1.81. The second kappa shape index (κ2) is 5.43. The molecule has 1 aliphatic heterocycles. The number of imidazole rings is 1. The van der Waals surface area contributed by atoms with Crippen LogP contribution in [0.15, 0.2) is 17.3 Å². The van der Waals surface area contributed by atoms with E-state index in [2.05, 4.69) is 27.5 Å². The van der Waals surface area contributed by atoms with Crippen LogP contribution in [0.2, 0.25) is 0 Å². The third-order valence-corrected chi connectivity index (χ3v) is 3.50. The van der Waals surface area contributed by atoms with Gasteiger partial charge in [0.1, 0.15) is 17.0 Å². The van der Waals surface area contributed by atoms with Crippen molar-refractivity contribution >= 4 is 28.0 Å². The first-order valence-corrected chi connectivity index (χ1v) is 6.34. The summed E-state index contributed by atoms with van der Waals surface area (Å²) in [6.07, 6.45) is 1.03. The Morgan fingerprint density at radius 1 is 1.53 bits per heavy atom. The lowest BCUT2D eigenvalue weighted by Crippen LogP contribution is -2.38. The summed E-state index contributed by atoms with van der Waals surface area (Å²) >= 11 is 3.21. The summed E-state index contributed by atoms with van der Waals surface area (Å²) in [5.41, 5.74) is -0.0451. The second-order valence-electron chi connectivity index (χ2n) is 3.91. The number of amides is 1. The van der Waals surface area contributed by atoms with E-state index in [0.29, 0.717) is 23.5 Å². The minimum atomic E-state index is -1.10. The fraction of sp³-hybridized carbons (Fsp3) is 0.364. The molecule has 19 heavy (non-hydrogen) atoms. The summed E-state index contributed by atoms with van der Waals surface area (Å²) in [4.78, 5) is 28.1. The fourth-order valence-corrected chi connectivity index (χ4v) is 2.45. The van der Waals surface area contributed by atoms with Crippen LogP contribution in [-0.2, 0) is 17.8 Å². The summed E-state index contributed by atoms with van der Waals surface area (Å²) in [7, 11) is 0. The van der Waals surface area contributed by atoms with Crippen LogP contribution in [0.3, 0.4) is 0 Å². The molecule has 2 heterocycles. The van der Waals surface area contributed by atoms with Crippen molar-refractivity contribution in [1.29, 1.82) is 0 Å². The third-order valence-electron chi connectivity index (χ3n) is 2.70. The zero-order valence-corrected chi connectivity index (χ0v) is 11.6. The van der Waals surface area contributed by atoms with Crippen LogP contribution in [0.1, 0.15) is 16.3 Å². The first-order chi connectivity index (χ1) is 9.04. The van der Waals surface area contributed by atoms with Gasteiger partial charge >= 0.3 is 12.1 Å². The minimum Gasteiger partial charge on any atom is -0.476 e. The molecule has 0 fully saturated rings. The van der Waals surface area contributed by atoms with E-state index in [0.717, 1.165) is 0 Å². The minimum absolute atomic E-state index is 0.0451. The van der Waals surface area contributed by atoms with Crippen molar-refractivity contribution in [3.63, 3.8) is 0 Å². The van der Waals surface area contributed by atoms with E-state index in [9.17, 15) is 9.59 Å². The molecule has 1 N–H and O–H groups in total. The molecule has 0 unspecified atom stereocenters. The Morgan fingerprint density at radius 3 is 2.89 bits per heavy atom. The molecule has 1 aliphatic rings. The van der Waals surface area contributed by atoms with Crippen LogP contribution < -0.4 is 0 Å². The molecule has 0 saturated heterocycles. The average Bonchev–Trinajstić information content (AvgIpc) is 2.73. The lowest BCUT2D eigenvalue weighted by Gasteiger charge is -2.27. The lowest BCUT2D eigenvalue weighted by atomic mass is 10.4. The van der Waals surface area contributed by atoms with Gasteiger partial charge in [0.25, 0.3) is 0 Å². The Balaban J connectivity index is 2.16. The molecular formula is C11H12BrN3O4. The van der Waals surface area contributed by atoms with Crippen LogP contribution in [0.25, 0.3) is 0 Å². The molecule has 0 aromatic carbocycles. The van der Waals surface area contributed by atoms with Crippen molar-refractivity contribution in [3.8, 4) is 0 Å². The number of halogens is 1. The number of carboxylic acids is 1. The Labute approximate surface area is 117 Å². The van der Waals surface area contributed by atoms with Gasteiger partial charge in [-0.3, -0.25) is 4.90 Å². The van der Waals surface area contributed by atoms with E-state index in [1.54, 1.807) is 4.57 Å². The van der Waals surface area contributed by atoms with Crippen molar-refractivity contribution in [1.82, 2.24) is 14.5 Å². The largest absolute Gasteiger partial charge is 0.476 e. The number of ether oxygens (including phenoxy) is 1. The number of aromatic carboxylic acids is 1. The molecule has 0 saturated carbocycles. The van der Waals surface area contributed by atoms with Gasteiger partial charge in [0, 0.05) is 13.1 Å². The number of hydrogen-bond donors (Lipinski definition) is 1. The maximum Gasteiger partial charge on any atom is 0.410 e. The average molecular weight is 330 g/mol. The number of hydrogen-bond acceptors (Lipinski definition) is 4. The number of carbonyl (C=O) groups is 2. The van der Waals surface area contributed by atoms with Crippen LogP contribution in [-0.4, -0.2) is 44.8 Å². The van der Waals surface area contributed by atoms with Crippen molar-refractivity contribution in [2.24, 2.45) is 0 Å². The normalized spacial score (nSPS) is 13.8. The smallest absolute Gasteiger partial charge is 0.410 e. The first-order valence-electron chi connectivity index (χ1n) is 5.55. The van der Waals surface area contributed by atoms with Gasteiger partial charge in [0.15, 0.2) is 5.69 Å². The van der Waals surface area contributed by atoms with Gasteiger partial charge in [-0.1, -0.05) is 12.7 Å². The molecule has 0 bridgehead atoms. The topological polar surface area (TPSA) is 84.7 Å². The van der Waals surface area contributed by atoms with Crippen molar-refractivity contribution in [3.05, 3.63) is 28.8 Å². The van der Waals surface area contributed by atoms with Crippen LogP contribution in [0.4, 0.5) is 4.79 Å². The lowest BCUT2D eigenvalue weighted by molar-refractivity contribution is 0.0689. The predicted molar refractivity (Wildman–Crippen MR) is 68.8 cm³/mol. The number of carbonyl (C=O) groups excluding carboxylic acids is 1. The van der Waals surface area contributed by atoms with E-state index in [4.69, 9.17) is 9.84 Å². The standard InChI is InChI=1S/C11H12BrN3O4/c1-2-5-19-11(18)14-3-4-15-7(6-14)13-8(9(15)12)10(16)17/h2H,1,3-6H2,(H,16,17). The molecule has 8 heteroatoms. The Kier molecular flexibility index (Phi) is 3.89. The van der Waals surface area contributed by atoms with E-state index in [1.807, 2.05) is 0 Å². The number of nitrogens with zero attached hydrogens (tertiary/aromatic N) is 3. The zero-order chi connectivity index (χ0) is 14.0. The van der Waals surface area contributed by atoms with Crippen LogP contribution >= 0.6 is 15.9 Å². The summed E-state index contributed by atoms with van der Waals surface area (Å²) in [5, 5.41) is 8.98. The molecule has 1 amide bonds. The van der Waals surface area contributed by atoms with Crippen LogP contribution in [0.5, 0.6) is 0 Å². The molecule has 7 nitrogen and oxygen atoms in total. The summed E-state index contributed by atoms with van der Waals surface area (Å²) in [6.45, 7) is 4.75. The highest BCUT2D eigenvalue weighted by Gasteiger charge is 2.27. The maximum atomic E-state index is 11.7. The molecule has 0 aliphatic carbocycles. The highest BCUT2D eigenvalue weighted by molar-refractivity contribution is 9.10. The summed E-state index contributed by atoms with van der Waals surface area (Å²) in [5.74, 6) is -0.583. The van der Waals surface area contributed by atoms with E-state index in [1.165, 1.54) is 11.0 Å². The molecule has 102 valence electrons. The van der Waals surface area contributed by atoms with Crippen molar-refractivity contribution < 1.29 is 19.4 Å². The SMILES string of the molecule is C=CCOC(=O)N1CCn2c(nc(C(=O)O)c2Br)C1. The highest BCUT2D eigenvalue weighted by Crippen LogP contribution is 2.23. The van der Waals surface area contributed by atoms with Gasteiger partial charge in [-0.15, -0.1) is 0 Å². The van der Waals surface area contributed by atoms with E-state index < -0.39 is 12.1 Å². The molecule has 1 aromatic heterocycles. The second-order valence-corrected chi connectivity index (χ2v) is 4.66. The summed E-state index contributed by atoms with van der Waals surface area (Å²) < 4.78 is 7.10. The monoisotopic (exact) mass is 329 g/mol. The molecule has 0 atom stereocenters. The number of rotatable bonds is 3. The quantitative estimate of drug-likeness (QED) is 0.849. The maximum absolute atomic E-state index is 11.7. The van der Waals surface area contributed by atoms with Crippen molar-refractivity contribution in [2.45, 2.75) is 13.1 Å². The molecule has 2 rings (SSSR count). The van der Waals surface area contributed by atoms with Crippen molar-refractivity contribution in [2.75, 3.05) is 13.2 Å². The molecular weight excluding hydrogens is 318 g/mol. The Morgan fingerprint density at radius 2 is 2.26 bits per heavy atom. The van der Waals surface area contributed by atoms with E-state index in [-0.39, 0.29) is 18.8 Å². The molecule has 0 spiro atoms. The Hall–Kier alpha value is -1.83. The zero-order valence-electron chi connectivity index (χ0n) is 10.0. The Bertz CT molecular complexity index is 540. The number of aromatic nitrogens is 2.